The van der Waals surface area contributed by atoms with Crippen LogP contribution in [0.1, 0.15) is 18.4 Å². The Bertz CT molecular complexity index is 487. The molecule has 2 heterocycles. The van der Waals surface area contributed by atoms with E-state index in [4.69, 9.17) is 0 Å². The van der Waals surface area contributed by atoms with E-state index in [2.05, 4.69) is 16.9 Å². The van der Waals surface area contributed by atoms with Gasteiger partial charge in [-0.3, -0.25) is 14.6 Å². The second-order valence-corrected chi connectivity index (χ2v) is 4.91. The Morgan fingerprint density at radius 2 is 2.40 bits per heavy atom. The van der Waals surface area contributed by atoms with Crippen LogP contribution >= 0.6 is 0 Å². The minimum absolute atomic E-state index is 0.00425. The third-order valence-corrected chi connectivity index (χ3v) is 3.47. The molecule has 1 aliphatic heterocycles. The number of aromatic nitrogens is 1. The van der Waals surface area contributed by atoms with Crippen molar-refractivity contribution < 1.29 is 9.59 Å². The number of likely N-dealkylation sites (tertiary alicyclic amines) is 1. The summed E-state index contributed by atoms with van der Waals surface area (Å²) in [4.78, 5) is 29.4. The van der Waals surface area contributed by atoms with Crippen molar-refractivity contribution in [2.24, 2.45) is 5.92 Å². The van der Waals surface area contributed by atoms with Gasteiger partial charge in [-0.05, 0) is 30.5 Å². The van der Waals surface area contributed by atoms with Crippen LogP contribution in [-0.4, -0.2) is 34.8 Å². The fourth-order valence-electron chi connectivity index (χ4n) is 2.36. The van der Waals surface area contributed by atoms with Crippen molar-refractivity contribution in [2.75, 3.05) is 13.1 Å². The monoisotopic (exact) mass is 273 g/mol. The number of nitrogens with one attached hydrogen (secondary N) is 1. The van der Waals surface area contributed by atoms with E-state index in [1.165, 1.54) is 6.08 Å². The van der Waals surface area contributed by atoms with Gasteiger partial charge < -0.3 is 10.2 Å². The summed E-state index contributed by atoms with van der Waals surface area (Å²) in [5.41, 5.74) is 0.968. The summed E-state index contributed by atoms with van der Waals surface area (Å²) < 4.78 is 0. The molecule has 1 aromatic rings. The van der Waals surface area contributed by atoms with E-state index in [9.17, 15) is 9.59 Å². The molecule has 0 aromatic carbocycles. The Balaban J connectivity index is 1.86. The Labute approximate surface area is 118 Å². The maximum Gasteiger partial charge on any atom is 0.245 e. The van der Waals surface area contributed by atoms with Gasteiger partial charge in [0.2, 0.25) is 11.8 Å². The predicted octanol–water partition coefficient (Wildman–Crippen LogP) is 1.12. The van der Waals surface area contributed by atoms with Gasteiger partial charge in [-0.2, -0.15) is 0 Å². The second kappa shape index (κ2) is 6.84. The molecular formula is C15H19N3O2. The molecule has 0 radical (unpaired) electrons. The SMILES string of the molecule is C=CC(=O)N1CCCC(C(=O)NCc2cccnc2)C1. The van der Waals surface area contributed by atoms with E-state index in [0.717, 1.165) is 18.4 Å². The summed E-state index contributed by atoms with van der Waals surface area (Å²) in [6.45, 7) is 5.14. The molecule has 0 bridgehead atoms. The molecule has 1 atom stereocenters. The lowest BCUT2D eigenvalue weighted by Crippen LogP contribution is -2.44. The highest BCUT2D eigenvalue weighted by molar-refractivity contribution is 5.88. The van der Waals surface area contributed by atoms with Gasteiger partial charge in [0, 0.05) is 32.0 Å². The molecule has 0 saturated carbocycles. The number of amides is 2. The number of nitrogens with zero attached hydrogens (tertiary/aromatic N) is 2. The minimum Gasteiger partial charge on any atom is -0.352 e. The minimum atomic E-state index is -0.135. The van der Waals surface area contributed by atoms with Crippen molar-refractivity contribution in [3.63, 3.8) is 0 Å². The number of carbonyl (C=O) groups excluding carboxylic acids is 2. The largest absolute Gasteiger partial charge is 0.352 e. The van der Waals surface area contributed by atoms with E-state index < -0.39 is 0 Å². The highest BCUT2D eigenvalue weighted by Gasteiger charge is 2.27. The van der Waals surface area contributed by atoms with Crippen LogP contribution in [0.15, 0.2) is 37.2 Å². The van der Waals surface area contributed by atoms with Crippen molar-refractivity contribution in [1.82, 2.24) is 15.2 Å². The Morgan fingerprint density at radius 1 is 1.55 bits per heavy atom. The van der Waals surface area contributed by atoms with E-state index in [-0.39, 0.29) is 17.7 Å². The van der Waals surface area contributed by atoms with Crippen molar-refractivity contribution in [3.05, 3.63) is 42.7 Å². The smallest absolute Gasteiger partial charge is 0.245 e. The lowest BCUT2D eigenvalue weighted by Gasteiger charge is -2.31. The molecule has 1 aliphatic rings. The molecule has 1 unspecified atom stereocenters. The summed E-state index contributed by atoms with van der Waals surface area (Å²) in [5.74, 6) is -0.241. The number of piperidine rings is 1. The quantitative estimate of drug-likeness (QED) is 0.836. The van der Waals surface area contributed by atoms with Crippen LogP contribution in [0.25, 0.3) is 0 Å². The van der Waals surface area contributed by atoms with Crippen LogP contribution in [0.3, 0.4) is 0 Å². The van der Waals surface area contributed by atoms with Crippen LogP contribution in [0.4, 0.5) is 0 Å². The Morgan fingerprint density at radius 3 is 3.10 bits per heavy atom. The maximum absolute atomic E-state index is 12.1. The summed E-state index contributed by atoms with van der Waals surface area (Å²) in [7, 11) is 0. The lowest BCUT2D eigenvalue weighted by atomic mass is 9.97. The fraction of sp³-hybridized carbons (Fsp3) is 0.400. The number of carbonyl (C=O) groups is 2. The highest BCUT2D eigenvalue weighted by Crippen LogP contribution is 2.17. The van der Waals surface area contributed by atoms with Gasteiger partial charge in [-0.25, -0.2) is 0 Å². The standard InChI is InChI=1S/C15H19N3O2/c1-2-14(19)18-8-4-6-13(11-18)15(20)17-10-12-5-3-7-16-9-12/h2-3,5,7,9,13H,1,4,6,8,10-11H2,(H,17,20). The first-order valence-corrected chi connectivity index (χ1v) is 6.78. The molecule has 2 rings (SSSR count). The first-order valence-electron chi connectivity index (χ1n) is 6.78. The maximum atomic E-state index is 12.1. The Hall–Kier alpha value is -2.17. The van der Waals surface area contributed by atoms with Gasteiger partial charge in [-0.15, -0.1) is 0 Å². The summed E-state index contributed by atoms with van der Waals surface area (Å²) >= 11 is 0. The second-order valence-electron chi connectivity index (χ2n) is 4.91. The van der Waals surface area contributed by atoms with Crippen LogP contribution in [0.5, 0.6) is 0 Å². The zero-order valence-electron chi connectivity index (χ0n) is 11.4. The molecule has 0 aliphatic carbocycles. The molecule has 106 valence electrons. The van der Waals surface area contributed by atoms with Gasteiger partial charge in [0.15, 0.2) is 0 Å². The normalized spacial score (nSPS) is 18.4. The highest BCUT2D eigenvalue weighted by atomic mass is 16.2. The molecule has 5 heteroatoms. The van der Waals surface area contributed by atoms with E-state index in [1.807, 2.05) is 12.1 Å². The molecular weight excluding hydrogens is 254 g/mol. The molecule has 20 heavy (non-hydrogen) atoms. The van der Waals surface area contributed by atoms with Crippen LogP contribution in [0, 0.1) is 5.92 Å². The Kier molecular flexibility index (Phi) is 4.87. The van der Waals surface area contributed by atoms with Crippen molar-refractivity contribution >= 4 is 11.8 Å². The molecule has 5 nitrogen and oxygen atoms in total. The molecule has 0 spiro atoms. The average molecular weight is 273 g/mol. The van der Waals surface area contributed by atoms with E-state index in [0.29, 0.717) is 19.6 Å². The van der Waals surface area contributed by atoms with Crippen molar-refractivity contribution in [1.29, 1.82) is 0 Å². The molecule has 1 N–H and O–H groups in total. The molecule has 1 fully saturated rings. The zero-order valence-corrected chi connectivity index (χ0v) is 11.4. The predicted molar refractivity (Wildman–Crippen MR) is 75.6 cm³/mol. The van der Waals surface area contributed by atoms with Crippen molar-refractivity contribution in [3.8, 4) is 0 Å². The van der Waals surface area contributed by atoms with E-state index >= 15 is 0 Å². The van der Waals surface area contributed by atoms with E-state index in [1.54, 1.807) is 17.3 Å². The van der Waals surface area contributed by atoms with Gasteiger partial charge in [0.25, 0.3) is 0 Å². The fourth-order valence-corrected chi connectivity index (χ4v) is 2.36. The first kappa shape index (κ1) is 14.2. The van der Waals surface area contributed by atoms with Gasteiger partial charge in [0.1, 0.15) is 0 Å². The molecule has 1 saturated heterocycles. The number of rotatable bonds is 4. The zero-order chi connectivity index (χ0) is 14.4. The summed E-state index contributed by atoms with van der Waals surface area (Å²) in [6, 6.07) is 3.76. The lowest BCUT2D eigenvalue weighted by molar-refractivity contribution is -0.132. The van der Waals surface area contributed by atoms with Gasteiger partial charge in [-0.1, -0.05) is 12.6 Å². The van der Waals surface area contributed by atoms with Crippen LogP contribution in [-0.2, 0) is 16.1 Å². The third-order valence-electron chi connectivity index (χ3n) is 3.47. The first-order chi connectivity index (χ1) is 9.70. The topological polar surface area (TPSA) is 62.3 Å². The van der Waals surface area contributed by atoms with Crippen LogP contribution < -0.4 is 5.32 Å². The number of hydrogen-bond acceptors (Lipinski definition) is 3. The number of pyridine rings is 1. The average Bonchev–Trinajstić information content (AvgIpc) is 2.53. The van der Waals surface area contributed by atoms with Crippen molar-refractivity contribution in [2.45, 2.75) is 19.4 Å². The molecule has 2 amide bonds. The van der Waals surface area contributed by atoms with Gasteiger partial charge >= 0.3 is 0 Å². The summed E-state index contributed by atoms with van der Waals surface area (Å²) in [5, 5.41) is 2.90. The molecule has 1 aromatic heterocycles. The van der Waals surface area contributed by atoms with Crippen LogP contribution in [0.2, 0.25) is 0 Å². The summed E-state index contributed by atoms with van der Waals surface area (Å²) in [6.07, 6.45) is 6.40. The van der Waals surface area contributed by atoms with Gasteiger partial charge in [0.05, 0.1) is 5.92 Å². The third kappa shape index (κ3) is 3.66. The number of hydrogen-bond donors (Lipinski definition) is 1.